The first-order valence-electron chi connectivity index (χ1n) is 10.4. The molecule has 2 heterocycles. The fourth-order valence-corrected chi connectivity index (χ4v) is 3.70. The van der Waals surface area contributed by atoms with Crippen LogP contribution in [-0.4, -0.2) is 50.7 Å². The van der Waals surface area contributed by atoms with E-state index in [2.05, 4.69) is 16.9 Å². The summed E-state index contributed by atoms with van der Waals surface area (Å²) in [7, 11) is 0. The third-order valence-electron chi connectivity index (χ3n) is 5.49. The van der Waals surface area contributed by atoms with Crippen molar-refractivity contribution in [3.05, 3.63) is 59.2 Å². The van der Waals surface area contributed by atoms with E-state index in [1.807, 2.05) is 56.0 Å². The van der Waals surface area contributed by atoms with Crippen molar-refractivity contribution in [2.24, 2.45) is 0 Å². The van der Waals surface area contributed by atoms with Crippen LogP contribution in [0.25, 0.3) is 0 Å². The summed E-state index contributed by atoms with van der Waals surface area (Å²) >= 11 is 0. The van der Waals surface area contributed by atoms with Gasteiger partial charge in [-0.15, -0.1) is 0 Å². The van der Waals surface area contributed by atoms with Crippen LogP contribution in [0.15, 0.2) is 36.5 Å². The van der Waals surface area contributed by atoms with Gasteiger partial charge in [-0.05, 0) is 18.9 Å². The normalized spacial score (nSPS) is 17.6. The second-order valence-electron chi connectivity index (χ2n) is 7.95. The predicted octanol–water partition coefficient (Wildman–Crippen LogP) is 3.56. The van der Waals surface area contributed by atoms with Crippen molar-refractivity contribution in [3.63, 3.8) is 0 Å². The first kappa shape index (κ1) is 21.0. The number of carbonyl (C=O) groups excluding carboxylic acids is 2. The Balaban J connectivity index is 1.80. The average Bonchev–Trinajstić information content (AvgIpc) is 2.87. The summed E-state index contributed by atoms with van der Waals surface area (Å²) in [4.78, 5) is 38.6. The number of carbonyl (C=O) groups is 2. The largest absolute Gasteiger partial charge is 0.336 e. The number of nitrogens with zero attached hydrogens (tertiary/aromatic N) is 4. The number of amides is 2. The molecule has 1 saturated heterocycles. The predicted molar refractivity (Wildman–Crippen MR) is 112 cm³/mol. The molecule has 2 aromatic rings. The Bertz CT molecular complexity index is 866. The molecule has 1 aromatic heterocycles. The van der Waals surface area contributed by atoms with Gasteiger partial charge in [-0.1, -0.05) is 51.1 Å². The van der Waals surface area contributed by atoms with Crippen molar-refractivity contribution < 1.29 is 9.59 Å². The Morgan fingerprint density at radius 2 is 1.97 bits per heavy atom. The Morgan fingerprint density at radius 1 is 1.24 bits per heavy atom. The lowest BCUT2D eigenvalue weighted by atomic mass is 10.1. The molecule has 1 fully saturated rings. The summed E-state index contributed by atoms with van der Waals surface area (Å²) in [6, 6.07) is 10.00. The molecular formula is C23H30N4O2. The number of aryl methyl sites for hydroxylation is 1. The zero-order valence-electron chi connectivity index (χ0n) is 17.8. The second-order valence-corrected chi connectivity index (χ2v) is 7.95. The summed E-state index contributed by atoms with van der Waals surface area (Å²) in [5.41, 5.74) is 2.32. The number of hydrogen-bond donors (Lipinski definition) is 0. The first-order chi connectivity index (χ1) is 13.9. The van der Waals surface area contributed by atoms with Crippen LogP contribution >= 0.6 is 0 Å². The quantitative estimate of drug-likeness (QED) is 0.778. The van der Waals surface area contributed by atoms with Gasteiger partial charge in [0.05, 0.1) is 11.3 Å². The Kier molecular flexibility index (Phi) is 6.62. The minimum atomic E-state index is -0.0920. The molecule has 0 bridgehead atoms. The van der Waals surface area contributed by atoms with E-state index in [-0.39, 0.29) is 23.8 Å². The van der Waals surface area contributed by atoms with Gasteiger partial charge in [-0.3, -0.25) is 9.59 Å². The average molecular weight is 395 g/mol. The molecule has 154 valence electrons. The lowest BCUT2D eigenvalue weighted by Gasteiger charge is -2.31. The zero-order valence-corrected chi connectivity index (χ0v) is 17.8. The fourth-order valence-electron chi connectivity index (χ4n) is 3.70. The molecule has 0 N–H and O–H groups in total. The van der Waals surface area contributed by atoms with E-state index in [0.29, 0.717) is 37.3 Å². The van der Waals surface area contributed by atoms with Crippen LogP contribution < -0.4 is 0 Å². The number of rotatable bonds is 5. The Hall–Kier alpha value is -2.76. The van der Waals surface area contributed by atoms with Crippen molar-refractivity contribution in [2.75, 3.05) is 13.1 Å². The lowest BCUT2D eigenvalue weighted by molar-refractivity contribution is -0.133. The van der Waals surface area contributed by atoms with Gasteiger partial charge in [0, 0.05) is 44.2 Å². The van der Waals surface area contributed by atoms with Gasteiger partial charge < -0.3 is 9.80 Å². The SMILES string of the molecule is CC[C@H]1CN(C(=O)c2cnc(C(C)C)nc2C)CCC(=O)N1Cc1ccccc1. The first-order valence-corrected chi connectivity index (χ1v) is 10.4. The van der Waals surface area contributed by atoms with Gasteiger partial charge in [-0.25, -0.2) is 9.97 Å². The van der Waals surface area contributed by atoms with Gasteiger partial charge in [0.25, 0.3) is 5.91 Å². The van der Waals surface area contributed by atoms with Gasteiger partial charge in [-0.2, -0.15) is 0 Å². The van der Waals surface area contributed by atoms with Gasteiger partial charge >= 0.3 is 0 Å². The van der Waals surface area contributed by atoms with Crippen molar-refractivity contribution in [2.45, 2.75) is 59.0 Å². The van der Waals surface area contributed by atoms with E-state index in [9.17, 15) is 9.59 Å². The lowest BCUT2D eigenvalue weighted by Crippen LogP contribution is -2.44. The molecule has 2 amide bonds. The molecule has 0 unspecified atom stereocenters. The van der Waals surface area contributed by atoms with Crippen molar-refractivity contribution in [1.82, 2.24) is 19.8 Å². The molecule has 0 spiro atoms. The van der Waals surface area contributed by atoms with Crippen LogP contribution in [0.5, 0.6) is 0 Å². The van der Waals surface area contributed by atoms with Crippen molar-refractivity contribution in [3.8, 4) is 0 Å². The van der Waals surface area contributed by atoms with Crippen LogP contribution in [0, 0.1) is 6.92 Å². The number of benzene rings is 1. The van der Waals surface area contributed by atoms with E-state index >= 15 is 0 Å². The Morgan fingerprint density at radius 3 is 2.59 bits per heavy atom. The molecular weight excluding hydrogens is 364 g/mol. The maximum atomic E-state index is 13.2. The molecule has 1 aromatic carbocycles. The summed E-state index contributed by atoms with van der Waals surface area (Å²) in [6.45, 7) is 9.50. The summed E-state index contributed by atoms with van der Waals surface area (Å²) in [5, 5.41) is 0. The summed E-state index contributed by atoms with van der Waals surface area (Å²) in [5.74, 6) is 0.958. The highest BCUT2D eigenvalue weighted by molar-refractivity contribution is 5.95. The highest BCUT2D eigenvalue weighted by Crippen LogP contribution is 2.20. The van der Waals surface area contributed by atoms with Gasteiger partial charge in [0.15, 0.2) is 0 Å². The minimum absolute atomic E-state index is 0.00896. The van der Waals surface area contributed by atoms with Crippen molar-refractivity contribution in [1.29, 1.82) is 0 Å². The van der Waals surface area contributed by atoms with Crippen LogP contribution in [-0.2, 0) is 11.3 Å². The van der Waals surface area contributed by atoms with Crippen molar-refractivity contribution >= 4 is 11.8 Å². The van der Waals surface area contributed by atoms with Gasteiger partial charge in [0.1, 0.15) is 5.82 Å². The third kappa shape index (κ3) is 4.81. The van der Waals surface area contributed by atoms with E-state index in [1.54, 1.807) is 11.1 Å². The van der Waals surface area contributed by atoms with Crippen LogP contribution in [0.3, 0.4) is 0 Å². The molecule has 0 radical (unpaired) electrons. The molecule has 6 heteroatoms. The van der Waals surface area contributed by atoms with E-state index in [4.69, 9.17) is 0 Å². The highest BCUT2D eigenvalue weighted by Gasteiger charge is 2.31. The molecule has 1 aliphatic heterocycles. The second kappa shape index (κ2) is 9.16. The van der Waals surface area contributed by atoms with E-state index < -0.39 is 0 Å². The topological polar surface area (TPSA) is 66.4 Å². The highest BCUT2D eigenvalue weighted by atomic mass is 16.2. The molecule has 1 atom stereocenters. The molecule has 3 rings (SSSR count). The summed E-state index contributed by atoms with van der Waals surface area (Å²) in [6.07, 6.45) is 2.76. The summed E-state index contributed by atoms with van der Waals surface area (Å²) < 4.78 is 0. The standard InChI is InChI=1S/C23H30N4O2/c1-5-19-15-26(23(29)20-13-24-22(16(2)3)25-17(20)4)12-11-21(28)27(19)14-18-9-7-6-8-10-18/h6-10,13,16,19H,5,11-12,14-15H2,1-4H3/t19-/m0/s1. The van der Waals surface area contributed by atoms with Crippen LogP contribution in [0.1, 0.15) is 67.0 Å². The fraction of sp³-hybridized carbons (Fsp3) is 0.478. The maximum absolute atomic E-state index is 13.2. The van der Waals surface area contributed by atoms with E-state index in [1.165, 1.54) is 0 Å². The maximum Gasteiger partial charge on any atom is 0.257 e. The minimum Gasteiger partial charge on any atom is -0.336 e. The van der Waals surface area contributed by atoms with Gasteiger partial charge in [0.2, 0.25) is 5.91 Å². The number of aromatic nitrogens is 2. The third-order valence-corrected chi connectivity index (χ3v) is 5.49. The molecule has 29 heavy (non-hydrogen) atoms. The monoisotopic (exact) mass is 394 g/mol. The molecule has 1 aliphatic rings. The van der Waals surface area contributed by atoms with E-state index in [0.717, 1.165) is 17.8 Å². The Labute approximate surface area is 173 Å². The number of hydrogen-bond acceptors (Lipinski definition) is 4. The molecule has 0 saturated carbocycles. The molecule has 0 aliphatic carbocycles. The van der Waals surface area contributed by atoms with Crippen LogP contribution in [0.4, 0.5) is 0 Å². The smallest absolute Gasteiger partial charge is 0.257 e. The zero-order chi connectivity index (χ0) is 21.0. The molecule has 6 nitrogen and oxygen atoms in total. The van der Waals surface area contributed by atoms with Crippen LogP contribution in [0.2, 0.25) is 0 Å².